The lowest BCUT2D eigenvalue weighted by molar-refractivity contribution is 0.176. The number of nitrogens with zero attached hydrogens (tertiary/aromatic N) is 2. The van der Waals surface area contributed by atoms with Gasteiger partial charge in [0.1, 0.15) is 17.4 Å². The molecule has 2 aliphatic heterocycles. The predicted octanol–water partition coefficient (Wildman–Crippen LogP) is 8.19. The van der Waals surface area contributed by atoms with E-state index in [1.807, 2.05) is 28.8 Å². The number of H-pyrrole nitrogens is 1. The summed E-state index contributed by atoms with van der Waals surface area (Å²) in [7, 11) is 0. The Morgan fingerprint density at radius 2 is 2.03 bits per heavy atom. The summed E-state index contributed by atoms with van der Waals surface area (Å²) >= 11 is 14.9. The van der Waals surface area contributed by atoms with Crippen molar-refractivity contribution in [1.29, 1.82) is 0 Å². The van der Waals surface area contributed by atoms with E-state index in [0.717, 1.165) is 46.7 Å². The number of imidazole rings is 1. The van der Waals surface area contributed by atoms with Crippen LogP contribution in [-0.2, 0) is 0 Å². The van der Waals surface area contributed by atoms with E-state index in [0.29, 0.717) is 32.6 Å². The Kier molecular flexibility index (Phi) is 5.41. The van der Waals surface area contributed by atoms with Crippen LogP contribution < -0.4 is 10.1 Å². The number of thiophene rings is 1. The molecular formula is C28H23Cl2FN4OS. The lowest BCUT2D eigenvalue weighted by Crippen LogP contribution is -2.22. The number of hydrogen-bond acceptors (Lipinski definition) is 4. The SMILES string of the molecule is Cc1cc(C2Oc3cc(-c4cnc([C@@H]5CCCN5)[nH]4)cc(F)c3-c3c(Cl)c4cc(Cl)ccc4n32)sc1C. The van der Waals surface area contributed by atoms with Gasteiger partial charge < -0.3 is 15.0 Å². The third kappa shape index (κ3) is 3.63. The van der Waals surface area contributed by atoms with E-state index < -0.39 is 12.0 Å². The van der Waals surface area contributed by atoms with Crippen molar-refractivity contribution in [3.05, 3.63) is 79.6 Å². The van der Waals surface area contributed by atoms with Gasteiger partial charge in [-0.05, 0) is 75.2 Å². The normalized spacial score (nSPS) is 18.7. The van der Waals surface area contributed by atoms with E-state index in [9.17, 15) is 0 Å². The number of benzene rings is 2. The van der Waals surface area contributed by atoms with Crippen LogP contribution >= 0.6 is 34.5 Å². The number of ether oxygens (including phenoxy) is 1. The third-order valence-corrected chi connectivity index (χ3v) is 9.19. The zero-order valence-corrected chi connectivity index (χ0v) is 22.5. The second-order valence-corrected chi connectivity index (χ2v) is 11.8. The molecule has 5 nitrogen and oxygen atoms in total. The number of aromatic nitrogens is 3. The molecule has 188 valence electrons. The molecule has 5 heterocycles. The molecule has 1 saturated heterocycles. The van der Waals surface area contributed by atoms with Gasteiger partial charge in [-0.1, -0.05) is 23.2 Å². The smallest absolute Gasteiger partial charge is 0.212 e. The van der Waals surface area contributed by atoms with Gasteiger partial charge in [-0.2, -0.15) is 0 Å². The number of aromatic amines is 1. The molecular weight excluding hydrogens is 530 g/mol. The zero-order chi connectivity index (χ0) is 25.4. The number of hydrogen-bond donors (Lipinski definition) is 2. The fourth-order valence-corrected chi connectivity index (χ4v) is 7.01. The first kappa shape index (κ1) is 23.3. The molecule has 0 radical (unpaired) electrons. The molecule has 5 aromatic rings. The summed E-state index contributed by atoms with van der Waals surface area (Å²) in [6.07, 6.45) is 3.41. The van der Waals surface area contributed by atoms with Gasteiger partial charge in [0.25, 0.3) is 0 Å². The number of nitrogens with one attached hydrogen (secondary N) is 2. The summed E-state index contributed by atoms with van der Waals surface area (Å²) < 4.78 is 24.6. The highest BCUT2D eigenvalue weighted by molar-refractivity contribution is 7.12. The van der Waals surface area contributed by atoms with Crippen LogP contribution in [0.15, 0.2) is 42.6 Å². The first-order valence-electron chi connectivity index (χ1n) is 12.2. The highest BCUT2D eigenvalue weighted by Gasteiger charge is 2.35. The molecule has 0 spiro atoms. The highest BCUT2D eigenvalue weighted by Crippen LogP contribution is 2.51. The molecule has 3 aromatic heterocycles. The molecule has 2 N–H and O–H groups in total. The van der Waals surface area contributed by atoms with Crippen molar-refractivity contribution in [3.63, 3.8) is 0 Å². The minimum Gasteiger partial charge on any atom is -0.464 e. The molecule has 2 atom stereocenters. The molecule has 0 saturated carbocycles. The topological polar surface area (TPSA) is 54.9 Å². The maximum Gasteiger partial charge on any atom is 0.212 e. The Labute approximate surface area is 227 Å². The van der Waals surface area contributed by atoms with Crippen LogP contribution in [-0.4, -0.2) is 21.1 Å². The summed E-state index contributed by atoms with van der Waals surface area (Å²) in [6, 6.07) is 11.3. The summed E-state index contributed by atoms with van der Waals surface area (Å²) in [6.45, 7) is 5.15. The Bertz CT molecular complexity index is 1680. The minimum absolute atomic E-state index is 0.198. The van der Waals surface area contributed by atoms with E-state index >= 15 is 4.39 Å². The van der Waals surface area contributed by atoms with E-state index in [2.05, 4.69) is 35.2 Å². The minimum atomic E-state index is -0.495. The summed E-state index contributed by atoms with van der Waals surface area (Å²) in [5.41, 5.74) is 4.39. The predicted molar refractivity (Wildman–Crippen MR) is 147 cm³/mol. The fraction of sp³-hybridized carbons (Fsp3) is 0.250. The van der Waals surface area contributed by atoms with Gasteiger partial charge in [-0.15, -0.1) is 11.3 Å². The lowest BCUT2D eigenvalue weighted by Gasteiger charge is -2.30. The highest BCUT2D eigenvalue weighted by atomic mass is 35.5. The van der Waals surface area contributed by atoms with E-state index in [4.69, 9.17) is 27.9 Å². The van der Waals surface area contributed by atoms with Crippen LogP contribution in [0, 0.1) is 19.7 Å². The van der Waals surface area contributed by atoms with E-state index in [1.54, 1.807) is 17.5 Å². The first-order chi connectivity index (χ1) is 17.9. The first-order valence-corrected chi connectivity index (χ1v) is 13.8. The van der Waals surface area contributed by atoms with Crippen molar-refractivity contribution in [2.75, 3.05) is 6.54 Å². The maximum atomic E-state index is 16.0. The van der Waals surface area contributed by atoms with Gasteiger partial charge in [-0.3, -0.25) is 4.57 Å². The largest absolute Gasteiger partial charge is 0.464 e. The maximum absolute atomic E-state index is 16.0. The van der Waals surface area contributed by atoms with E-state index in [1.165, 1.54) is 16.5 Å². The van der Waals surface area contributed by atoms with Crippen molar-refractivity contribution in [1.82, 2.24) is 19.9 Å². The summed E-state index contributed by atoms with van der Waals surface area (Å²) in [5, 5.41) is 5.24. The number of fused-ring (bicyclic) bond motifs is 5. The van der Waals surface area contributed by atoms with Crippen molar-refractivity contribution in [3.8, 4) is 28.3 Å². The standard InChI is InChI=1S/C28H23Cl2FN4OS/c1-13-8-23(37-14(13)2)28-35-21-6-5-16(29)11-17(21)25(30)26(35)24-18(31)9-15(10-22(24)36-28)20-12-33-27(34-20)19-4-3-7-32-19/h5-6,8-12,19,28,32H,3-4,7H2,1-2H3,(H,33,34)/t19-,28?/m0/s1. The van der Waals surface area contributed by atoms with Gasteiger partial charge in [0.2, 0.25) is 6.23 Å². The van der Waals surface area contributed by atoms with Crippen molar-refractivity contribution in [2.24, 2.45) is 0 Å². The molecule has 37 heavy (non-hydrogen) atoms. The van der Waals surface area contributed by atoms with Crippen LogP contribution in [0.2, 0.25) is 10.0 Å². The molecule has 2 aromatic carbocycles. The van der Waals surface area contributed by atoms with Crippen molar-refractivity contribution in [2.45, 2.75) is 39.0 Å². The second-order valence-electron chi connectivity index (χ2n) is 9.71. The summed E-state index contributed by atoms with van der Waals surface area (Å²) in [4.78, 5) is 10.2. The van der Waals surface area contributed by atoms with Gasteiger partial charge in [-0.25, -0.2) is 9.37 Å². The van der Waals surface area contributed by atoms with Crippen LogP contribution in [0.3, 0.4) is 0 Å². The molecule has 0 aliphatic carbocycles. The Hall–Kier alpha value is -2.84. The monoisotopic (exact) mass is 552 g/mol. The fourth-order valence-electron chi connectivity index (χ4n) is 5.44. The van der Waals surface area contributed by atoms with E-state index in [-0.39, 0.29) is 6.04 Å². The van der Waals surface area contributed by atoms with Gasteiger partial charge >= 0.3 is 0 Å². The number of halogens is 3. The number of aryl methyl sites for hydroxylation is 2. The van der Waals surface area contributed by atoms with Gasteiger partial charge in [0.05, 0.1) is 44.6 Å². The average Bonchev–Trinajstić information content (AvgIpc) is 3.67. The Morgan fingerprint density at radius 1 is 1.16 bits per heavy atom. The molecule has 9 heteroatoms. The van der Waals surface area contributed by atoms with Gasteiger partial charge in [0.15, 0.2) is 0 Å². The summed E-state index contributed by atoms with van der Waals surface area (Å²) in [5.74, 6) is 0.910. The van der Waals surface area contributed by atoms with Crippen molar-refractivity contribution < 1.29 is 9.13 Å². The molecule has 0 amide bonds. The van der Waals surface area contributed by atoms with Crippen LogP contribution in [0.4, 0.5) is 4.39 Å². The third-order valence-electron chi connectivity index (χ3n) is 7.39. The number of rotatable bonds is 3. The molecule has 1 unspecified atom stereocenters. The molecule has 1 fully saturated rings. The average molecular weight is 553 g/mol. The van der Waals surface area contributed by atoms with Crippen LogP contribution in [0.5, 0.6) is 5.75 Å². The molecule has 2 aliphatic rings. The quantitative estimate of drug-likeness (QED) is 0.237. The van der Waals surface area contributed by atoms with Crippen molar-refractivity contribution >= 4 is 45.4 Å². The zero-order valence-electron chi connectivity index (χ0n) is 20.2. The molecule has 0 bridgehead atoms. The second kappa shape index (κ2) is 8.60. The Balaban J connectivity index is 1.43. The Morgan fingerprint density at radius 3 is 2.78 bits per heavy atom. The lowest BCUT2D eigenvalue weighted by atomic mass is 10.0. The molecule has 7 rings (SSSR count). The van der Waals surface area contributed by atoms with Crippen LogP contribution in [0.25, 0.3) is 33.4 Å². The van der Waals surface area contributed by atoms with Gasteiger partial charge in [0, 0.05) is 20.8 Å². The van der Waals surface area contributed by atoms with Crippen LogP contribution in [0.1, 0.15) is 46.3 Å².